The summed E-state index contributed by atoms with van der Waals surface area (Å²) in [5.41, 5.74) is 1.42. The molecule has 3 heterocycles. The fourth-order valence-corrected chi connectivity index (χ4v) is 3.65. The Labute approximate surface area is 162 Å². The van der Waals surface area contributed by atoms with Gasteiger partial charge in [0.25, 0.3) is 5.91 Å². The van der Waals surface area contributed by atoms with Crippen molar-refractivity contribution in [3.05, 3.63) is 46.8 Å². The van der Waals surface area contributed by atoms with Crippen LogP contribution in [-0.4, -0.2) is 66.0 Å². The molecular weight excluding hydrogens is 368 g/mol. The third kappa shape index (κ3) is 3.64. The first-order valence-corrected chi connectivity index (χ1v) is 9.41. The number of carbonyl (C=O) groups is 2. The van der Waals surface area contributed by atoms with E-state index < -0.39 is 0 Å². The lowest BCUT2D eigenvalue weighted by Gasteiger charge is -2.43. The van der Waals surface area contributed by atoms with E-state index in [1.807, 2.05) is 29.2 Å². The summed E-state index contributed by atoms with van der Waals surface area (Å²) in [6.45, 7) is 5.60. The molecule has 2 fully saturated rings. The number of hydrogen-bond acceptors (Lipinski definition) is 5. The monoisotopic (exact) mass is 388 g/mol. The lowest BCUT2D eigenvalue weighted by Crippen LogP contribution is -2.59. The number of hydrogen-bond donors (Lipinski definition) is 0. The Hall–Kier alpha value is -2.54. The van der Waals surface area contributed by atoms with Crippen LogP contribution in [0.5, 0.6) is 0 Å². The van der Waals surface area contributed by atoms with Crippen molar-refractivity contribution in [2.24, 2.45) is 5.92 Å². The molecule has 0 aliphatic carbocycles. The Morgan fingerprint density at radius 2 is 1.74 bits per heavy atom. The van der Waals surface area contributed by atoms with Crippen LogP contribution in [0, 0.1) is 12.8 Å². The number of nitrogens with zero attached hydrogens (tertiary/aromatic N) is 4. The minimum absolute atomic E-state index is 0.121. The van der Waals surface area contributed by atoms with Gasteiger partial charge < -0.3 is 19.2 Å². The van der Waals surface area contributed by atoms with Gasteiger partial charge in [-0.3, -0.25) is 9.59 Å². The highest BCUT2D eigenvalue weighted by Crippen LogP contribution is 2.23. The summed E-state index contributed by atoms with van der Waals surface area (Å²) < 4.78 is 4.94. The highest BCUT2D eigenvalue weighted by atomic mass is 35.5. The van der Waals surface area contributed by atoms with Gasteiger partial charge in [-0.2, -0.15) is 0 Å². The zero-order valence-electron chi connectivity index (χ0n) is 15.1. The number of likely N-dealkylation sites (tertiary alicyclic amines) is 1. The summed E-state index contributed by atoms with van der Waals surface area (Å²) in [6.07, 6.45) is 0. The summed E-state index contributed by atoms with van der Waals surface area (Å²) in [7, 11) is 0. The van der Waals surface area contributed by atoms with Gasteiger partial charge in [0.05, 0.1) is 5.92 Å². The molecule has 4 rings (SSSR count). The number of aromatic nitrogens is 1. The molecule has 1 aromatic heterocycles. The Balaban J connectivity index is 1.27. The molecule has 0 saturated carbocycles. The van der Waals surface area contributed by atoms with Crippen LogP contribution >= 0.6 is 11.6 Å². The van der Waals surface area contributed by atoms with Gasteiger partial charge in [-0.05, 0) is 31.2 Å². The van der Waals surface area contributed by atoms with Crippen LogP contribution in [-0.2, 0) is 4.79 Å². The van der Waals surface area contributed by atoms with Gasteiger partial charge >= 0.3 is 0 Å². The molecule has 2 amide bonds. The molecule has 142 valence electrons. The van der Waals surface area contributed by atoms with Crippen LogP contribution in [0.1, 0.15) is 16.2 Å². The van der Waals surface area contributed by atoms with Gasteiger partial charge in [-0.1, -0.05) is 16.8 Å². The van der Waals surface area contributed by atoms with Crippen molar-refractivity contribution in [1.29, 1.82) is 0 Å². The van der Waals surface area contributed by atoms with Gasteiger partial charge in [0.15, 0.2) is 5.69 Å². The first-order valence-electron chi connectivity index (χ1n) is 9.03. The van der Waals surface area contributed by atoms with Crippen LogP contribution < -0.4 is 4.90 Å². The average molecular weight is 389 g/mol. The van der Waals surface area contributed by atoms with Crippen molar-refractivity contribution in [3.63, 3.8) is 0 Å². The fourth-order valence-electron chi connectivity index (χ4n) is 3.52. The largest absolute Gasteiger partial charge is 0.368 e. The Morgan fingerprint density at radius 1 is 1.07 bits per heavy atom. The molecule has 2 aromatic rings. The molecule has 0 radical (unpaired) electrons. The van der Waals surface area contributed by atoms with Crippen LogP contribution in [0.2, 0.25) is 5.02 Å². The van der Waals surface area contributed by atoms with E-state index in [2.05, 4.69) is 10.1 Å². The fraction of sp³-hybridized carbons (Fsp3) is 0.421. The lowest BCUT2D eigenvalue weighted by molar-refractivity contribution is -0.140. The first kappa shape index (κ1) is 17.9. The third-order valence-corrected chi connectivity index (χ3v) is 5.40. The molecule has 0 unspecified atom stereocenters. The minimum atomic E-state index is -0.177. The quantitative estimate of drug-likeness (QED) is 0.805. The van der Waals surface area contributed by atoms with Gasteiger partial charge in [-0.15, -0.1) is 0 Å². The van der Waals surface area contributed by atoms with Gasteiger partial charge in [-0.25, -0.2) is 0 Å². The highest BCUT2D eigenvalue weighted by Gasteiger charge is 2.39. The van der Waals surface area contributed by atoms with Gasteiger partial charge in [0.1, 0.15) is 5.76 Å². The van der Waals surface area contributed by atoms with E-state index in [1.165, 1.54) is 0 Å². The SMILES string of the molecule is Cc1cc(C(=O)N2CC(C(=O)N3CCN(c4ccc(Cl)cc4)CC3)C2)no1. The summed E-state index contributed by atoms with van der Waals surface area (Å²) >= 11 is 5.94. The Bertz CT molecular complexity index is 837. The van der Waals surface area contributed by atoms with E-state index in [9.17, 15) is 9.59 Å². The van der Waals surface area contributed by atoms with Crippen molar-refractivity contribution >= 4 is 29.1 Å². The zero-order chi connectivity index (χ0) is 19.0. The number of anilines is 1. The van der Waals surface area contributed by atoms with Crippen molar-refractivity contribution < 1.29 is 14.1 Å². The second kappa shape index (κ2) is 7.23. The number of halogens is 1. The second-order valence-corrected chi connectivity index (χ2v) is 7.46. The maximum absolute atomic E-state index is 12.7. The molecule has 2 saturated heterocycles. The molecular formula is C19H21ClN4O3. The topological polar surface area (TPSA) is 69.9 Å². The summed E-state index contributed by atoms with van der Waals surface area (Å²) in [5.74, 6) is 0.434. The third-order valence-electron chi connectivity index (χ3n) is 5.15. The van der Waals surface area contributed by atoms with Gasteiger partial charge in [0.2, 0.25) is 5.91 Å². The highest BCUT2D eigenvalue weighted by molar-refractivity contribution is 6.30. The lowest BCUT2D eigenvalue weighted by atomic mass is 9.97. The van der Waals surface area contributed by atoms with Crippen LogP contribution in [0.25, 0.3) is 0 Å². The predicted molar refractivity (Wildman–Crippen MR) is 101 cm³/mol. The number of piperazine rings is 1. The zero-order valence-corrected chi connectivity index (χ0v) is 15.9. The average Bonchev–Trinajstić information content (AvgIpc) is 3.07. The van der Waals surface area contributed by atoms with Gasteiger partial charge in [0, 0.05) is 56.0 Å². The molecule has 0 atom stereocenters. The van der Waals surface area contributed by atoms with E-state index in [0.29, 0.717) is 37.6 Å². The first-order chi connectivity index (χ1) is 13.0. The maximum Gasteiger partial charge on any atom is 0.276 e. The molecule has 0 spiro atoms. The number of carbonyl (C=O) groups excluding carboxylic acids is 2. The molecule has 1 aromatic carbocycles. The number of amides is 2. The van der Waals surface area contributed by atoms with E-state index in [4.69, 9.17) is 16.1 Å². The van der Waals surface area contributed by atoms with E-state index in [1.54, 1.807) is 17.9 Å². The molecule has 2 aliphatic rings. The van der Waals surface area contributed by atoms with E-state index in [0.717, 1.165) is 23.8 Å². The molecule has 7 nitrogen and oxygen atoms in total. The summed E-state index contributed by atoms with van der Waals surface area (Å²) in [4.78, 5) is 30.8. The maximum atomic E-state index is 12.7. The number of aryl methyl sites for hydroxylation is 1. The number of rotatable bonds is 3. The van der Waals surface area contributed by atoms with Crippen LogP contribution in [0.3, 0.4) is 0 Å². The molecule has 0 N–H and O–H groups in total. The smallest absolute Gasteiger partial charge is 0.276 e. The van der Waals surface area contributed by atoms with E-state index in [-0.39, 0.29) is 17.7 Å². The standard InChI is InChI=1S/C19H21ClN4O3/c1-13-10-17(21-27-13)19(26)24-11-14(12-24)18(25)23-8-6-22(7-9-23)16-4-2-15(20)3-5-16/h2-5,10,14H,6-9,11-12H2,1H3. The Kier molecular flexibility index (Phi) is 4.78. The predicted octanol–water partition coefficient (Wildman–Crippen LogP) is 2.06. The van der Waals surface area contributed by atoms with Crippen molar-refractivity contribution in [1.82, 2.24) is 15.0 Å². The molecule has 8 heteroatoms. The van der Waals surface area contributed by atoms with Crippen LogP contribution in [0.4, 0.5) is 5.69 Å². The molecule has 0 bridgehead atoms. The summed E-state index contributed by atoms with van der Waals surface area (Å²) in [6, 6.07) is 9.38. The van der Waals surface area contributed by atoms with Crippen molar-refractivity contribution in [2.75, 3.05) is 44.2 Å². The second-order valence-electron chi connectivity index (χ2n) is 7.02. The minimum Gasteiger partial charge on any atom is -0.368 e. The van der Waals surface area contributed by atoms with Crippen molar-refractivity contribution in [3.8, 4) is 0 Å². The molecule has 2 aliphatic heterocycles. The summed E-state index contributed by atoms with van der Waals surface area (Å²) in [5, 5.41) is 4.47. The van der Waals surface area contributed by atoms with Crippen molar-refractivity contribution in [2.45, 2.75) is 6.92 Å². The number of benzene rings is 1. The molecule has 27 heavy (non-hydrogen) atoms. The normalized spacial score (nSPS) is 17.8. The van der Waals surface area contributed by atoms with E-state index >= 15 is 0 Å². The van der Waals surface area contributed by atoms with Crippen LogP contribution in [0.15, 0.2) is 34.9 Å². The Morgan fingerprint density at radius 3 is 2.33 bits per heavy atom.